The van der Waals surface area contributed by atoms with Crippen molar-refractivity contribution in [2.75, 3.05) is 38.8 Å². The molecule has 2 heterocycles. The van der Waals surface area contributed by atoms with Crippen molar-refractivity contribution in [3.05, 3.63) is 48.3 Å². The fourth-order valence-electron chi connectivity index (χ4n) is 2.92. The van der Waals surface area contributed by atoms with E-state index in [0.29, 0.717) is 41.8 Å². The molecule has 0 saturated heterocycles. The Morgan fingerprint density at radius 2 is 1.85 bits per heavy atom. The first-order valence-corrected chi connectivity index (χ1v) is 9.31. The quantitative estimate of drug-likeness (QED) is 0.467. The number of nitrogens with one attached hydrogen (secondary N) is 1. The zero-order valence-electron chi connectivity index (χ0n) is 15.8. The molecule has 1 atom stereocenters. The SMILES string of the molecule is CCNC(=S)C(C(=O)c1ccc2c(c1)OCCO2)[n+]1ccc(N(C)C)cc1. The molecule has 0 fully saturated rings. The molecule has 1 aromatic heterocycles. The molecule has 7 heteroatoms. The predicted molar refractivity (Wildman–Crippen MR) is 108 cm³/mol. The monoisotopic (exact) mass is 386 g/mol. The predicted octanol–water partition coefficient (Wildman–Crippen LogP) is 2.17. The number of pyridine rings is 1. The molecular weight excluding hydrogens is 362 g/mol. The number of nitrogens with zero attached hydrogens (tertiary/aromatic N) is 2. The van der Waals surface area contributed by atoms with Gasteiger partial charge in [-0.2, -0.15) is 4.57 Å². The van der Waals surface area contributed by atoms with Gasteiger partial charge in [-0.05, 0) is 25.1 Å². The number of likely N-dealkylation sites (N-methyl/N-ethyl adjacent to an activating group) is 1. The van der Waals surface area contributed by atoms with Crippen LogP contribution in [0.15, 0.2) is 42.7 Å². The maximum atomic E-state index is 13.3. The van der Waals surface area contributed by atoms with E-state index in [0.717, 1.165) is 5.69 Å². The van der Waals surface area contributed by atoms with Gasteiger partial charge in [0.15, 0.2) is 28.9 Å². The molecule has 1 unspecified atom stereocenters. The zero-order chi connectivity index (χ0) is 19.4. The lowest BCUT2D eigenvalue weighted by atomic mass is 10.0. The van der Waals surface area contributed by atoms with Gasteiger partial charge in [0.1, 0.15) is 13.2 Å². The number of aromatic nitrogens is 1. The molecule has 0 radical (unpaired) electrons. The van der Waals surface area contributed by atoms with Crippen molar-refractivity contribution < 1.29 is 18.8 Å². The lowest BCUT2D eigenvalue weighted by molar-refractivity contribution is -0.692. The summed E-state index contributed by atoms with van der Waals surface area (Å²) in [6, 6.07) is 8.55. The minimum Gasteiger partial charge on any atom is -0.486 e. The zero-order valence-corrected chi connectivity index (χ0v) is 16.6. The first kappa shape index (κ1) is 19.1. The standard InChI is InChI=1S/C20H23N3O3S/c1-4-21-20(27)18(23-9-7-15(8-10-23)22(2)3)19(24)14-5-6-16-17(13-14)26-12-11-25-16/h5-10,13,18H,4,11-12H2,1-3H3/p+1. The number of benzene rings is 1. The molecule has 27 heavy (non-hydrogen) atoms. The van der Waals surface area contributed by atoms with Crippen LogP contribution in [-0.2, 0) is 0 Å². The van der Waals surface area contributed by atoms with Crippen molar-refractivity contribution in [1.82, 2.24) is 5.32 Å². The van der Waals surface area contributed by atoms with E-state index in [2.05, 4.69) is 5.32 Å². The summed E-state index contributed by atoms with van der Waals surface area (Å²) in [5.41, 5.74) is 1.58. The molecule has 6 nitrogen and oxygen atoms in total. The highest BCUT2D eigenvalue weighted by atomic mass is 32.1. The van der Waals surface area contributed by atoms with Gasteiger partial charge >= 0.3 is 0 Å². The maximum absolute atomic E-state index is 13.3. The summed E-state index contributed by atoms with van der Waals surface area (Å²) in [7, 11) is 3.95. The molecule has 1 aromatic carbocycles. The summed E-state index contributed by atoms with van der Waals surface area (Å²) in [5, 5.41) is 3.12. The number of ketones is 1. The van der Waals surface area contributed by atoms with Gasteiger partial charge in [-0.25, -0.2) is 0 Å². The van der Waals surface area contributed by atoms with Crippen LogP contribution in [0.2, 0.25) is 0 Å². The van der Waals surface area contributed by atoms with Gasteiger partial charge in [-0.15, -0.1) is 0 Å². The smallest absolute Gasteiger partial charge is 0.270 e. The summed E-state index contributed by atoms with van der Waals surface area (Å²) in [5.74, 6) is 1.15. The second-order valence-electron chi connectivity index (χ2n) is 6.42. The maximum Gasteiger partial charge on any atom is 0.270 e. The van der Waals surface area contributed by atoms with Crippen molar-refractivity contribution in [3.8, 4) is 11.5 Å². The Morgan fingerprint density at radius 3 is 2.48 bits per heavy atom. The lowest BCUT2D eigenvalue weighted by Gasteiger charge is -2.19. The number of ether oxygens (including phenoxy) is 2. The molecule has 2 aromatic rings. The van der Waals surface area contributed by atoms with Crippen molar-refractivity contribution in [1.29, 1.82) is 0 Å². The van der Waals surface area contributed by atoms with E-state index >= 15 is 0 Å². The topological polar surface area (TPSA) is 54.7 Å². The van der Waals surface area contributed by atoms with E-state index in [1.54, 1.807) is 18.2 Å². The molecule has 0 bridgehead atoms. The second kappa shape index (κ2) is 8.35. The summed E-state index contributed by atoms with van der Waals surface area (Å²) in [6.07, 6.45) is 3.75. The number of rotatable bonds is 6. The van der Waals surface area contributed by atoms with Gasteiger partial charge < -0.3 is 19.7 Å². The Labute approximate surface area is 164 Å². The van der Waals surface area contributed by atoms with Gasteiger partial charge in [0.2, 0.25) is 5.78 Å². The Bertz CT molecular complexity index is 837. The average molecular weight is 386 g/mol. The van der Waals surface area contributed by atoms with Crippen LogP contribution in [0, 0.1) is 0 Å². The normalized spacial score (nSPS) is 13.6. The molecule has 0 saturated carbocycles. The summed E-state index contributed by atoms with van der Waals surface area (Å²) in [6.45, 7) is 3.60. The lowest BCUT2D eigenvalue weighted by Crippen LogP contribution is -2.51. The first-order chi connectivity index (χ1) is 13.0. The van der Waals surface area contributed by atoms with Crippen LogP contribution in [0.4, 0.5) is 5.69 Å². The van der Waals surface area contributed by atoms with Gasteiger partial charge in [0.05, 0.1) is 0 Å². The third kappa shape index (κ3) is 4.19. The molecule has 1 aliphatic heterocycles. The van der Waals surface area contributed by atoms with Crippen LogP contribution in [0.1, 0.15) is 23.3 Å². The van der Waals surface area contributed by atoms with Crippen LogP contribution in [0.5, 0.6) is 11.5 Å². The van der Waals surface area contributed by atoms with Crippen LogP contribution < -0.4 is 24.3 Å². The van der Waals surface area contributed by atoms with Gasteiger partial charge in [0.25, 0.3) is 6.04 Å². The number of anilines is 1. The highest BCUT2D eigenvalue weighted by Crippen LogP contribution is 2.31. The van der Waals surface area contributed by atoms with Crippen LogP contribution in [0.25, 0.3) is 0 Å². The molecule has 0 spiro atoms. The van der Waals surface area contributed by atoms with Gasteiger partial charge in [-0.1, -0.05) is 12.2 Å². The number of fused-ring (bicyclic) bond motifs is 1. The first-order valence-electron chi connectivity index (χ1n) is 8.91. The summed E-state index contributed by atoms with van der Waals surface area (Å²) in [4.78, 5) is 15.8. The Balaban J connectivity index is 1.95. The Kier molecular flexibility index (Phi) is 5.91. The summed E-state index contributed by atoms with van der Waals surface area (Å²) < 4.78 is 13.0. The van der Waals surface area contributed by atoms with Crippen molar-refractivity contribution >= 4 is 28.7 Å². The molecule has 0 amide bonds. The number of thiocarbonyl (C=S) groups is 1. The fraction of sp³-hybridized carbons (Fsp3) is 0.350. The average Bonchev–Trinajstić information content (AvgIpc) is 2.68. The van der Waals surface area contributed by atoms with E-state index in [9.17, 15) is 4.79 Å². The Morgan fingerprint density at radius 1 is 1.19 bits per heavy atom. The number of Topliss-reactive ketones (excluding diaryl/α,β-unsaturated/α-hetero) is 1. The number of carbonyl (C=O) groups excluding carboxylic acids is 1. The third-order valence-electron chi connectivity index (χ3n) is 4.32. The third-order valence-corrected chi connectivity index (χ3v) is 4.69. The van der Waals surface area contributed by atoms with Gasteiger partial charge in [0, 0.05) is 44.0 Å². The van der Waals surface area contributed by atoms with Crippen LogP contribution in [0.3, 0.4) is 0 Å². The molecule has 1 N–H and O–H groups in total. The van der Waals surface area contributed by atoms with Crippen molar-refractivity contribution in [3.63, 3.8) is 0 Å². The molecule has 0 aliphatic carbocycles. The van der Waals surface area contributed by atoms with E-state index in [-0.39, 0.29) is 5.78 Å². The molecule has 3 rings (SSSR count). The van der Waals surface area contributed by atoms with Crippen LogP contribution >= 0.6 is 12.2 Å². The highest BCUT2D eigenvalue weighted by Gasteiger charge is 2.33. The largest absolute Gasteiger partial charge is 0.486 e. The minimum absolute atomic E-state index is 0.0967. The number of hydrogen-bond acceptors (Lipinski definition) is 5. The van der Waals surface area contributed by atoms with E-state index in [1.807, 2.05) is 55.0 Å². The molecule has 1 aliphatic rings. The molecule has 142 valence electrons. The molecular formula is C20H24N3O3S+. The minimum atomic E-state index is -0.626. The van der Waals surface area contributed by atoms with Gasteiger partial charge in [-0.3, -0.25) is 4.79 Å². The van der Waals surface area contributed by atoms with E-state index in [1.165, 1.54) is 0 Å². The van der Waals surface area contributed by atoms with E-state index < -0.39 is 6.04 Å². The van der Waals surface area contributed by atoms with Crippen molar-refractivity contribution in [2.24, 2.45) is 0 Å². The summed E-state index contributed by atoms with van der Waals surface area (Å²) >= 11 is 5.52. The van der Waals surface area contributed by atoms with E-state index in [4.69, 9.17) is 21.7 Å². The fourth-order valence-corrected chi connectivity index (χ4v) is 3.29. The number of hydrogen-bond donors (Lipinski definition) is 1. The van der Waals surface area contributed by atoms with Crippen molar-refractivity contribution in [2.45, 2.75) is 13.0 Å². The number of carbonyl (C=O) groups is 1. The highest BCUT2D eigenvalue weighted by molar-refractivity contribution is 7.80. The Hall–Kier alpha value is -2.67. The second-order valence-corrected chi connectivity index (χ2v) is 6.86. The van der Waals surface area contributed by atoms with Crippen LogP contribution in [-0.4, -0.2) is 44.6 Å².